The van der Waals surface area contributed by atoms with Gasteiger partial charge < -0.3 is 9.42 Å². The van der Waals surface area contributed by atoms with Gasteiger partial charge in [0.15, 0.2) is 5.82 Å². The van der Waals surface area contributed by atoms with Crippen LogP contribution in [-0.2, 0) is 0 Å². The van der Waals surface area contributed by atoms with Gasteiger partial charge in [-0.25, -0.2) is 0 Å². The molecule has 0 amide bonds. The lowest BCUT2D eigenvalue weighted by molar-refractivity contribution is 0.324. The molecule has 0 saturated carbocycles. The van der Waals surface area contributed by atoms with E-state index in [0.717, 1.165) is 18.9 Å². The Bertz CT molecular complexity index is 370. The van der Waals surface area contributed by atoms with Gasteiger partial charge in [-0.2, -0.15) is 4.98 Å². The zero-order chi connectivity index (χ0) is 12.5. The first kappa shape index (κ1) is 12.4. The van der Waals surface area contributed by atoms with Crippen molar-refractivity contribution in [2.24, 2.45) is 5.41 Å². The molecule has 4 nitrogen and oxygen atoms in total. The lowest BCUT2D eigenvalue weighted by atomic mass is 9.85. The van der Waals surface area contributed by atoms with Gasteiger partial charge >= 0.3 is 6.01 Å². The van der Waals surface area contributed by atoms with E-state index in [1.807, 2.05) is 0 Å². The van der Waals surface area contributed by atoms with Gasteiger partial charge in [0.25, 0.3) is 0 Å². The average Bonchev–Trinajstić information content (AvgIpc) is 2.65. The van der Waals surface area contributed by atoms with Crippen LogP contribution in [0.3, 0.4) is 0 Å². The second kappa shape index (κ2) is 4.67. The van der Waals surface area contributed by atoms with E-state index in [1.54, 1.807) is 0 Å². The summed E-state index contributed by atoms with van der Waals surface area (Å²) >= 11 is 0. The number of hydrogen-bond acceptors (Lipinski definition) is 4. The van der Waals surface area contributed by atoms with Crippen LogP contribution < -0.4 is 4.90 Å². The van der Waals surface area contributed by atoms with Crippen molar-refractivity contribution in [3.8, 4) is 0 Å². The first-order valence-corrected chi connectivity index (χ1v) is 6.56. The maximum absolute atomic E-state index is 5.35. The highest BCUT2D eigenvalue weighted by atomic mass is 16.5. The normalized spacial score (nSPS) is 20.6. The molecule has 17 heavy (non-hydrogen) atoms. The fourth-order valence-corrected chi connectivity index (χ4v) is 2.20. The minimum absolute atomic E-state index is 0.330. The van der Waals surface area contributed by atoms with Crippen molar-refractivity contribution < 1.29 is 4.52 Å². The Morgan fingerprint density at radius 1 is 1.24 bits per heavy atom. The standard InChI is InChI=1S/C13H23N3O/c1-10(2)11-14-12(17-15-11)16-8-5-6-13(3,4)7-9-16/h10H,5-9H2,1-4H3. The molecule has 1 aliphatic heterocycles. The summed E-state index contributed by atoms with van der Waals surface area (Å²) in [6, 6.07) is 0.700. The molecule has 1 fully saturated rings. The van der Waals surface area contributed by atoms with E-state index in [0.29, 0.717) is 17.3 Å². The highest BCUT2D eigenvalue weighted by Gasteiger charge is 2.25. The van der Waals surface area contributed by atoms with Crippen LogP contribution >= 0.6 is 0 Å². The summed E-state index contributed by atoms with van der Waals surface area (Å²) in [5.74, 6) is 1.14. The third-order valence-electron chi connectivity index (χ3n) is 3.56. The first-order chi connectivity index (χ1) is 7.98. The number of hydrogen-bond donors (Lipinski definition) is 0. The van der Waals surface area contributed by atoms with E-state index in [1.165, 1.54) is 19.3 Å². The van der Waals surface area contributed by atoms with E-state index in [-0.39, 0.29) is 0 Å². The molecule has 2 heterocycles. The quantitative estimate of drug-likeness (QED) is 0.792. The van der Waals surface area contributed by atoms with Gasteiger partial charge in [0.1, 0.15) is 0 Å². The van der Waals surface area contributed by atoms with E-state index in [2.05, 4.69) is 42.7 Å². The van der Waals surface area contributed by atoms with Gasteiger partial charge in [-0.1, -0.05) is 32.9 Å². The van der Waals surface area contributed by atoms with Crippen molar-refractivity contribution in [1.29, 1.82) is 0 Å². The van der Waals surface area contributed by atoms with E-state index >= 15 is 0 Å². The van der Waals surface area contributed by atoms with Crippen LogP contribution in [0.1, 0.15) is 58.7 Å². The van der Waals surface area contributed by atoms with Crippen molar-refractivity contribution in [1.82, 2.24) is 10.1 Å². The maximum atomic E-state index is 5.35. The lowest BCUT2D eigenvalue weighted by Crippen LogP contribution is -2.25. The van der Waals surface area contributed by atoms with Crippen LogP contribution in [0.15, 0.2) is 4.52 Å². The number of rotatable bonds is 2. The van der Waals surface area contributed by atoms with E-state index < -0.39 is 0 Å². The molecule has 0 N–H and O–H groups in total. The molecule has 0 radical (unpaired) electrons. The van der Waals surface area contributed by atoms with Gasteiger partial charge in [0, 0.05) is 19.0 Å². The van der Waals surface area contributed by atoms with E-state index in [9.17, 15) is 0 Å². The Hall–Kier alpha value is -1.06. The Balaban J connectivity index is 2.06. The molecule has 0 atom stereocenters. The first-order valence-electron chi connectivity index (χ1n) is 6.56. The van der Waals surface area contributed by atoms with Crippen LogP contribution in [-0.4, -0.2) is 23.2 Å². The van der Waals surface area contributed by atoms with Crippen LogP contribution in [0.25, 0.3) is 0 Å². The summed E-state index contributed by atoms with van der Waals surface area (Å²) in [5.41, 5.74) is 0.440. The number of aromatic nitrogens is 2. The molecule has 0 aromatic carbocycles. The molecule has 0 aliphatic carbocycles. The highest BCUT2D eigenvalue weighted by Crippen LogP contribution is 2.31. The van der Waals surface area contributed by atoms with Gasteiger partial charge in [-0.05, 0) is 24.7 Å². The summed E-state index contributed by atoms with van der Waals surface area (Å²) in [6.45, 7) is 10.9. The van der Waals surface area contributed by atoms with Crippen LogP contribution in [0.2, 0.25) is 0 Å². The summed E-state index contributed by atoms with van der Waals surface area (Å²) < 4.78 is 5.35. The smallest absolute Gasteiger partial charge is 0.324 e. The average molecular weight is 237 g/mol. The largest absolute Gasteiger partial charge is 0.324 e. The zero-order valence-electron chi connectivity index (χ0n) is 11.4. The van der Waals surface area contributed by atoms with E-state index in [4.69, 9.17) is 4.52 Å². The topological polar surface area (TPSA) is 42.2 Å². The molecule has 0 unspecified atom stereocenters. The van der Waals surface area contributed by atoms with Crippen LogP contribution in [0.4, 0.5) is 6.01 Å². The minimum Gasteiger partial charge on any atom is -0.324 e. The molecule has 0 bridgehead atoms. The Morgan fingerprint density at radius 2 is 2.00 bits per heavy atom. The molecule has 1 aromatic rings. The van der Waals surface area contributed by atoms with Crippen LogP contribution in [0, 0.1) is 5.41 Å². The second-order valence-corrected chi connectivity index (χ2v) is 6.09. The Morgan fingerprint density at radius 3 is 2.65 bits per heavy atom. The molecule has 2 rings (SSSR count). The van der Waals surface area contributed by atoms with Crippen molar-refractivity contribution >= 4 is 6.01 Å². The fourth-order valence-electron chi connectivity index (χ4n) is 2.20. The van der Waals surface area contributed by atoms with Gasteiger partial charge in [-0.15, -0.1) is 0 Å². The van der Waals surface area contributed by atoms with Crippen LogP contribution in [0.5, 0.6) is 0 Å². The zero-order valence-corrected chi connectivity index (χ0v) is 11.4. The number of nitrogens with zero attached hydrogens (tertiary/aromatic N) is 3. The van der Waals surface area contributed by atoms with Crippen molar-refractivity contribution in [2.45, 2.75) is 52.9 Å². The predicted octanol–water partition coefficient (Wildman–Crippen LogP) is 3.21. The molecule has 1 saturated heterocycles. The second-order valence-electron chi connectivity index (χ2n) is 6.09. The molecular weight excluding hydrogens is 214 g/mol. The Labute approximate surface area is 103 Å². The SMILES string of the molecule is CC(C)c1noc(N2CCCC(C)(C)CC2)n1. The van der Waals surface area contributed by atoms with Gasteiger partial charge in [-0.3, -0.25) is 0 Å². The molecule has 1 aliphatic rings. The lowest BCUT2D eigenvalue weighted by Gasteiger charge is -2.22. The Kier molecular flexibility index (Phi) is 3.40. The monoisotopic (exact) mass is 237 g/mol. The fraction of sp³-hybridized carbons (Fsp3) is 0.846. The third-order valence-corrected chi connectivity index (χ3v) is 3.56. The highest BCUT2D eigenvalue weighted by molar-refractivity contribution is 5.25. The minimum atomic E-state index is 0.330. The number of anilines is 1. The molecular formula is C13H23N3O. The molecule has 0 spiro atoms. The van der Waals surface area contributed by atoms with Crippen molar-refractivity contribution in [2.75, 3.05) is 18.0 Å². The summed E-state index contributed by atoms with van der Waals surface area (Å²) in [5, 5.41) is 4.03. The summed E-state index contributed by atoms with van der Waals surface area (Å²) in [4.78, 5) is 6.70. The summed E-state index contributed by atoms with van der Waals surface area (Å²) in [7, 11) is 0. The van der Waals surface area contributed by atoms with Gasteiger partial charge in [0.05, 0.1) is 0 Å². The van der Waals surface area contributed by atoms with Gasteiger partial charge in [0.2, 0.25) is 0 Å². The predicted molar refractivity (Wildman–Crippen MR) is 68.2 cm³/mol. The van der Waals surface area contributed by atoms with Crippen molar-refractivity contribution in [3.05, 3.63) is 5.82 Å². The maximum Gasteiger partial charge on any atom is 0.324 e. The molecule has 4 heteroatoms. The molecule has 96 valence electrons. The third kappa shape index (κ3) is 2.99. The summed E-state index contributed by atoms with van der Waals surface area (Å²) in [6.07, 6.45) is 3.66. The molecule has 1 aromatic heterocycles. The van der Waals surface area contributed by atoms with Crippen molar-refractivity contribution in [3.63, 3.8) is 0 Å².